The van der Waals surface area contributed by atoms with E-state index in [0.29, 0.717) is 36.6 Å². The molecule has 3 rings (SSSR count). The molecule has 0 spiro atoms. The van der Waals surface area contributed by atoms with Gasteiger partial charge < -0.3 is 15.0 Å². The minimum absolute atomic E-state index is 0.0981. The van der Waals surface area contributed by atoms with Crippen molar-refractivity contribution in [2.24, 2.45) is 5.92 Å². The first kappa shape index (κ1) is 21.9. The number of piperidine rings is 1. The van der Waals surface area contributed by atoms with Crippen LogP contribution in [0.15, 0.2) is 17.2 Å². The third-order valence-corrected chi connectivity index (χ3v) is 4.79. The molecule has 1 aliphatic rings. The van der Waals surface area contributed by atoms with Crippen LogP contribution in [-0.2, 0) is 4.74 Å². The molecule has 0 bridgehead atoms. The van der Waals surface area contributed by atoms with Crippen LogP contribution in [0.2, 0.25) is 0 Å². The minimum Gasteiger partial charge on any atom is -0.444 e. The van der Waals surface area contributed by atoms with E-state index in [9.17, 15) is 14.0 Å². The summed E-state index contributed by atoms with van der Waals surface area (Å²) < 4.78 is 20.5. The molecule has 0 saturated carbocycles. The topological polar surface area (TPSA) is 102 Å². The van der Waals surface area contributed by atoms with Crippen molar-refractivity contribution in [3.05, 3.63) is 22.7 Å². The van der Waals surface area contributed by atoms with Crippen molar-refractivity contribution in [2.45, 2.75) is 58.7 Å². The lowest BCUT2D eigenvalue weighted by atomic mass is 9.95. The third-order valence-electron chi connectivity index (χ3n) is 4.79. The second kappa shape index (κ2) is 8.53. The summed E-state index contributed by atoms with van der Waals surface area (Å²) in [5, 5.41) is 3.19. The molecular weight excluding hydrogens is 391 g/mol. The Hall–Kier alpha value is -2.78. The van der Waals surface area contributed by atoms with Gasteiger partial charge in [-0.1, -0.05) is 0 Å². The van der Waals surface area contributed by atoms with E-state index in [2.05, 4.69) is 20.3 Å². The predicted octanol–water partition coefficient (Wildman–Crippen LogP) is 2.77. The average Bonchev–Trinajstić information content (AvgIpc) is 2.65. The molecule has 1 saturated heterocycles. The molecule has 30 heavy (non-hydrogen) atoms. The number of fused-ring (bicyclic) bond motifs is 1. The Kier molecular flexibility index (Phi) is 6.23. The number of nitrogens with one attached hydrogen (secondary N) is 1. The van der Waals surface area contributed by atoms with Crippen molar-refractivity contribution in [1.29, 1.82) is 0 Å². The smallest absolute Gasteiger partial charge is 0.410 e. The van der Waals surface area contributed by atoms with Gasteiger partial charge in [0.1, 0.15) is 11.1 Å². The highest BCUT2D eigenvalue weighted by Crippen LogP contribution is 2.22. The van der Waals surface area contributed by atoms with E-state index in [1.54, 1.807) is 31.5 Å². The fraction of sp³-hybridized carbons (Fsp3) is 0.650. The number of amides is 1. The third kappa shape index (κ3) is 5.03. The summed E-state index contributed by atoms with van der Waals surface area (Å²) in [6.45, 7) is 9.28. The molecule has 2 atom stereocenters. The van der Waals surface area contributed by atoms with Crippen molar-refractivity contribution in [1.82, 2.24) is 24.4 Å². The lowest BCUT2D eigenvalue weighted by Crippen LogP contribution is -2.50. The number of anilines is 1. The molecule has 3 heterocycles. The largest absolute Gasteiger partial charge is 0.444 e. The van der Waals surface area contributed by atoms with Crippen molar-refractivity contribution >= 4 is 23.2 Å². The second-order valence-corrected chi connectivity index (χ2v) is 8.95. The minimum atomic E-state index is -0.627. The monoisotopic (exact) mass is 420 g/mol. The highest BCUT2D eigenvalue weighted by atomic mass is 19.1. The van der Waals surface area contributed by atoms with Crippen molar-refractivity contribution in [2.75, 3.05) is 25.1 Å². The molecule has 9 nitrogen and oxygen atoms in total. The van der Waals surface area contributed by atoms with Crippen LogP contribution in [0.4, 0.5) is 15.1 Å². The fourth-order valence-corrected chi connectivity index (χ4v) is 3.57. The number of aromatic nitrogens is 4. The van der Waals surface area contributed by atoms with Crippen LogP contribution in [0.1, 0.15) is 47.1 Å². The number of ether oxygens (including phenoxy) is 1. The summed E-state index contributed by atoms with van der Waals surface area (Å²) in [6, 6.07) is -0.348. The van der Waals surface area contributed by atoms with E-state index in [0.717, 1.165) is 0 Å². The first-order valence-electron chi connectivity index (χ1n) is 10.1. The molecule has 0 aliphatic carbocycles. The van der Waals surface area contributed by atoms with Gasteiger partial charge in [0.15, 0.2) is 5.65 Å². The van der Waals surface area contributed by atoms with Gasteiger partial charge in [-0.05, 0) is 41.0 Å². The molecule has 164 valence electrons. The van der Waals surface area contributed by atoms with Crippen molar-refractivity contribution < 1.29 is 13.9 Å². The Morgan fingerprint density at radius 3 is 2.67 bits per heavy atom. The van der Waals surface area contributed by atoms with E-state index in [1.165, 1.54) is 11.1 Å². The van der Waals surface area contributed by atoms with E-state index in [4.69, 9.17) is 4.74 Å². The van der Waals surface area contributed by atoms with E-state index >= 15 is 0 Å². The number of alkyl halides is 1. The molecular formula is C20H29FN6O3. The molecule has 2 aromatic rings. The maximum absolute atomic E-state index is 13.5. The first-order chi connectivity index (χ1) is 14.1. The number of carbonyl (C=O) groups is 1. The predicted molar refractivity (Wildman–Crippen MR) is 111 cm³/mol. The van der Waals surface area contributed by atoms with Gasteiger partial charge in [-0.3, -0.25) is 13.8 Å². The molecule has 1 N–H and O–H groups in total. The maximum Gasteiger partial charge on any atom is 0.410 e. The molecule has 10 heteroatoms. The van der Waals surface area contributed by atoms with Gasteiger partial charge in [0, 0.05) is 31.1 Å². The zero-order chi connectivity index (χ0) is 22.1. The number of rotatable bonds is 4. The molecule has 2 aromatic heterocycles. The van der Waals surface area contributed by atoms with Crippen LogP contribution in [-0.4, -0.2) is 61.9 Å². The number of halogens is 1. The summed E-state index contributed by atoms with van der Waals surface area (Å²) in [6.07, 6.45) is 2.86. The van der Waals surface area contributed by atoms with E-state index in [1.807, 2.05) is 13.8 Å². The van der Waals surface area contributed by atoms with Crippen molar-refractivity contribution in [3.63, 3.8) is 0 Å². The van der Waals surface area contributed by atoms with Gasteiger partial charge in [0.05, 0.1) is 19.1 Å². The Labute approximate surface area is 174 Å². The molecule has 1 fully saturated rings. The zero-order valence-corrected chi connectivity index (χ0v) is 18.1. The van der Waals surface area contributed by atoms with Crippen LogP contribution in [0.5, 0.6) is 0 Å². The first-order valence-corrected chi connectivity index (χ1v) is 10.1. The quantitative estimate of drug-likeness (QED) is 0.811. The van der Waals surface area contributed by atoms with Crippen LogP contribution < -0.4 is 10.9 Å². The van der Waals surface area contributed by atoms with E-state index < -0.39 is 18.4 Å². The lowest BCUT2D eigenvalue weighted by molar-refractivity contribution is 0.0139. The standard InChI is InChI=1S/C20H29FN6O3/c1-12(2)27-16(28)9-22-15-8-23-18(25-17(15)27)24-14-6-13(7-21)10-26(11-14)19(29)30-20(3,4)5/h8-9,12-14H,6-7,10-11H2,1-5H3,(H,23,24,25)/t13-,14-/m0/s1. The van der Waals surface area contributed by atoms with Crippen LogP contribution in [0.25, 0.3) is 11.2 Å². The van der Waals surface area contributed by atoms with Gasteiger partial charge in [0.2, 0.25) is 5.95 Å². The Morgan fingerprint density at radius 1 is 1.30 bits per heavy atom. The fourth-order valence-electron chi connectivity index (χ4n) is 3.57. The van der Waals surface area contributed by atoms with Gasteiger partial charge in [-0.25, -0.2) is 14.8 Å². The zero-order valence-electron chi connectivity index (χ0n) is 18.1. The number of likely N-dealkylation sites (tertiary alicyclic amines) is 1. The van der Waals surface area contributed by atoms with Gasteiger partial charge in [0.25, 0.3) is 5.56 Å². The maximum atomic E-state index is 13.5. The van der Waals surface area contributed by atoms with Gasteiger partial charge in [-0.2, -0.15) is 4.98 Å². The summed E-state index contributed by atoms with van der Waals surface area (Å²) in [4.78, 5) is 39.1. The van der Waals surface area contributed by atoms with Crippen LogP contribution >= 0.6 is 0 Å². The summed E-state index contributed by atoms with van der Waals surface area (Å²) in [7, 11) is 0. The highest BCUT2D eigenvalue weighted by Gasteiger charge is 2.33. The van der Waals surface area contributed by atoms with Crippen LogP contribution in [0.3, 0.4) is 0 Å². The molecule has 0 radical (unpaired) electrons. The molecule has 0 unspecified atom stereocenters. The molecule has 1 aliphatic heterocycles. The van der Waals surface area contributed by atoms with E-state index in [-0.39, 0.29) is 23.6 Å². The Bertz CT molecular complexity index is 971. The van der Waals surface area contributed by atoms with Crippen LogP contribution in [0, 0.1) is 5.92 Å². The summed E-state index contributed by atoms with van der Waals surface area (Å²) >= 11 is 0. The SMILES string of the molecule is CC(C)n1c(=O)cnc2cnc(N[C@H]3C[C@@H](CF)CN(C(=O)OC(C)(C)C)C3)nc21. The number of hydrogen-bond donors (Lipinski definition) is 1. The van der Waals surface area contributed by atoms with Crippen molar-refractivity contribution in [3.8, 4) is 0 Å². The highest BCUT2D eigenvalue weighted by molar-refractivity contribution is 5.70. The summed E-state index contributed by atoms with van der Waals surface area (Å²) in [5.41, 5.74) is 0.0669. The Morgan fingerprint density at radius 2 is 2.03 bits per heavy atom. The molecule has 1 amide bonds. The number of nitrogens with zero attached hydrogens (tertiary/aromatic N) is 5. The second-order valence-electron chi connectivity index (χ2n) is 8.95. The average molecular weight is 420 g/mol. The van der Waals surface area contributed by atoms with Gasteiger partial charge >= 0.3 is 6.09 Å². The summed E-state index contributed by atoms with van der Waals surface area (Å²) in [5.74, 6) is -0.00215. The number of hydrogen-bond acceptors (Lipinski definition) is 7. The lowest BCUT2D eigenvalue weighted by Gasteiger charge is -2.37. The molecule has 0 aromatic carbocycles. The normalized spacial score (nSPS) is 19.9. The number of carbonyl (C=O) groups excluding carboxylic acids is 1. The van der Waals surface area contributed by atoms with Gasteiger partial charge in [-0.15, -0.1) is 0 Å². The Balaban J connectivity index is 1.83.